The van der Waals surface area contributed by atoms with E-state index in [-0.39, 0.29) is 24.2 Å². The first-order valence-electron chi connectivity index (χ1n) is 9.74. The number of nitrogens with zero attached hydrogens (tertiary/aromatic N) is 4. The van der Waals surface area contributed by atoms with Gasteiger partial charge in [-0.05, 0) is 37.1 Å². The number of aromatic nitrogens is 3. The maximum absolute atomic E-state index is 12.4. The van der Waals surface area contributed by atoms with Gasteiger partial charge in [0.2, 0.25) is 11.8 Å². The fraction of sp³-hybridized carbons (Fsp3) is 0.286. The van der Waals surface area contributed by atoms with E-state index in [4.69, 9.17) is 5.73 Å². The van der Waals surface area contributed by atoms with Gasteiger partial charge in [-0.1, -0.05) is 6.07 Å². The molecule has 0 aromatic carbocycles. The van der Waals surface area contributed by atoms with Gasteiger partial charge < -0.3 is 16.0 Å². The predicted octanol–water partition coefficient (Wildman–Crippen LogP) is 2.48. The molecule has 3 aromatic heterocycles. The van der Waals surface area contributed by atoms with Crippen LogP contribution < -0.4 is 16.0 Å². The van der Waals surface area contributed by atoms with Crippen molar-refractivity contribution in [2.24, 2.45) is 11.7 Å². The third kappa shape index (κ3) is 4.80. The summed E-state index contributed by atoms with van der Waals surface area (Å²) in [5.74, 6) is 0.207. The number of piperidine rings is 1. The number of primary amides is 1. The van der Waals surface area contributed by atoms with E-state index in [1.807, 2.05) is 35.7 Å². The van der Waals surface area contributed by atoms with Crippen molar-refractivity contribution in [2.75, 3.05) is 23.3 Å². The van der Waals surface area contributed by atoms with E-state index in [0.717, 1.165) is 35.9 Å². The summed E-state index contributed by atoms with van der Waals surface area (Å²) in [7, 11) is 0. The molecule has 1 aliphatic heterocycles. The second kappa shape index (κ2) is 9.00. The third-order valence-electron chi connectivity index (χ3n) is 4.96. The lowest BCUT2D eigenvalue weighted by Crippen LogP contribution is -2.41. The smallest absolute Gasteiger partial charge is 0.230 e. The van der Waals surface area contributed by atoms with Crippen LogP contribution in [-0.2, 0) is 16.0 Å². The molecule has 4 heterocycles. The molecule has 1 atom stereocenters. The summed E-state index contributed by atoms with van der Waals surface area (Å²) < 4.78 is 0. The van der Waals surface area contributed by atoms with Crippen LogP contribution in [0, 0.1) is 5.92 Å². The van der Waals surface area contributed by atoms with Crippen molar-refractivity contribution in [1.82, 2.24) is 15.0 Å². The van der Waals surface area contributed by atoms with E-state index in [1.54, 1.807) is 12.4 Å². The first-order valence-corrected chi connectivity index (χ1v) is 10.6. The normalized spacial score (nSPS) is 16.3. The first kappa shape index (κ1) is 20.0. The van der Waals surface area contributed by atoms with Crippen LogP contribution >= 0.6 is 11.3 Å². The van der Waals surface area contributed by atoms with Crippen LogP contribution in [0.3, 0.4) is 0 Å². The van der Waals surface area contributed by atoms with E-state index < -0.39 is 0 Å². The zero-order chi connectivity index (χ0) is 20.9. The maximum Gasteiger partial charge on any atom is 0.230 e. The topological polar surface area (TPSA) is 114 Å². The fourth-order valence-electron chi connectivity index (χ4n) is 3.43. The second-order valence-electron chi connectivity index (χ2n) is 7.18. The third-order valence-corrected chi connectivity index (χ3v) is 5.87. The average Bonchev–Trinajstić information content (AvgIpc) is 3.23. The molecule has 1 unspecified atom stereocenters. The minimum absolute atomic E-state index is 0.144. The van der Waals surface area contributed by atoms with Crippen molar-refractivity contribution in [2.45, 2.75) is 19.3 Å². The zero-order valence-electron chi connectivity index (χ0n) is 16.3. The van der Waals surface area contributed by atoms with Crippen LogP contribution in [0.25, 0.3) is 10.7 Å². The maximum atomic E-state index is 12.4. The molecule has 0 bridgehead atoms. The minimum atomic E-state index is -0.267. The summed E-state index contributed by atoms with van der Waals surface area (Å²) >= 11 is 1.47. The quantitative estimate of drug-likeness (QED) is 0.631. The van der Waals surface area contributed by atoms with Crippen molar-refractivity contribution in [3.8, 4) is 10.7 Å². The molecule has 4 rings (SSSR count). The molecule has 0 spiro atoms. The number of nitrogens with one attached hydrogen (secondary N) is 1. The number of hydrogen-bond donors (Lipinski definition) is 2. The minimum Gasteiger partial charge on any atom is -0.369 e. The number of carbonyl (C=O) groups is 2. The van der Waals surface area contributed by atoms with Gasteiger partial charge in [0.05, 0.1) is 35.6 Å². The molecular formula is C21H22N6O2S. The van der Waals surface area contributed by atoms with E-state index in [9.17, 15) is 9.59 Å². The van der Waals surface area contributed by atoms with Crippen LogP contribution in [-0.4, -0.2) is 39.9 Å². The number of anilines is 2. The summed E-state index contributed by atoms with van der Waals surface area (Å²) in [6, 6.07) is 9.32. The number of nitrogens with two attached hydrogens (primary N) is 1. The van der Waals surface area contributed by atoms with Crippen LogP contribution in [0.1, 0.15) is 18.5 Å². The van der Waals surface area contributed by atoms with Crippen LogP contribution in [0.5, 0.6) is 0 Å². The Morgan fingerprint density at radius 1 is 1.23 bits per heavy atom. The van der Waals surface area contributed by atoms with Gasteiger partial charge in [0.25, 0.3) is 0 Å². The highest BCUT2D eigenvalue weighted by Crippen LogP contribution is 2.23. The van der Waals surface area contributed by atoms with E-state index >= 15 is 0 Å². The molecule has 8 nitrogen and oxygen atoms in total. The second-order valence-corrected chi connectivity index (χ2v) is 8.03. The van der Waals surface area contributed by atoms with Crippen molar-refractivity contribution < 1.29 is 9.59 Å². The Balaban J connectivity index is 1.34. The molecule has 2 amide bonds. The molecule has 1 aliphatic rings. The Hall–Kier alpha value is -3.33. The molecule has 0 aliphatic carbocycles. The van der Waals surface area contributed by atoms with Gasteiger partial charge in [-0.2, -0.15) is 0 Å². The Bertz CT molecular complexity index is 1020. The Kier molecular flexibility index (Phi) is 5.99. The molecule has 0 saturated carbocycles. The highest BCUT2D eigenvalue weighted by molar-refractivity contribution is 7.13. The van der Waals surface area contributed by atoms with Gasteiger partial charge in [-0.25, -0.2) is 9.97 Å². The summed E-state index contributed by atoms with van der Waals surface area (Å²) in [5.41, 5.74) is 7.56. The molecule has 9 heteroatoms. The van der Waals surface area contributed by atoms with Crippen LogP contribution in [0.2, 0.25) is 0 Å². The number of hydrogen-bond acceptors (Lipinski definition) is 7. The first-order chi connectivity index (χ1) is 14.6. The van der Waals surface area contributed by atoms with Crippen molar-refractivity contribution in [3.05, 3.63) is 53.8 Å². The highest BCUT2D eigenvalue weighted by atomic mass is 32.1. The molecule has 0 radical (unpaired) electrons. The average molecular weight is 423 g/mol. The molecule has 1 saturated heterocycles. The van der Waals surface area contributed by atoms with E-state index in [1.165, 1.54) is 11.3 Å². The monoisotopic (exact) mass is 422 g/mol. The number of rotatable bonds is 6. The Morgan fingerprint density at radius 2 is 2.13 bits per heavy atom. The predicted molar refractivity (Wildman–Crippen MR) is 116 cm³/mol. The zero-order valence-corrected chi connectivity index (χ0v) is 17.1. The largest absolute Gasteiger partial charge is 0.369 e. The van der Waals surface area contributed by atoms with Gasteiger partial charge in [0.1, 0.15) is 10.8 Å². The molecule has 3 aromatic rings. The number of pyridine rings is 2. The van der Waals surface area contributed by atoms with E-state index in [0.29, 0.717) is 17.9 Å². The SMILES string of the molecule is NC(=O)C1CCCN(c2ccc(NC(=O)Cc3csc(-c4ccccn4)n3)cn2)C1. The highest BCUT2D eigenvalue weighted by Gasteiger charge is 2.24. The van der Waals surface area contributed by atoms with Crippen LogP contribution in [0.4, 0.5) is 11.5 Å². The van der Waals surface area contributed by atoms with E-state index in [2.05, 4.69) is 25.2 Å². The fourth-order valence-corrected chi connectivity index (χ4v) is 4.22. The standard InChI is InChI=1S/C21H22N6O2S/c22-20(29)14-4-3-9-27(12-14)18-7-6-15(11-24-18)25-19(28)10-16-13-30-21(26-16)17-5-1-2-8-23-17/h1-2,5-8,11,13-14H,3-4,9-10,12H2,(H2,22,29)(H,25,28). The number of thiazole rings is 1. The summed E-state index contributed by atoms with van der Waals surface area (Å²) in [6.45, 7) is 1.42. The molecule has 3 N–H and O–H groups in total. The van der Waals surface area contributed by atoms with Gasteiger partial charge in [0, 0.05) is 24.7 Å². The molecule has 30 heavy (non-hydrogen) atoms. The lowest BCUT2D eigenvalue weighted by molar-refractivity contribution is -0.122. The number of amides is 2. The summed E-state index contributed by atoms with van der Waals surface area (Å²) in [4.78, 5) is 39.1. The van der Waals surface area contributed by atoms with Gasteiger partial charge in [0.15, 0.2) is 0 Å². The Morgan fingerprint density at radius 3 is 2.87 bits per heavy atom. The lowest BCUT2D eigenvalue weighted by atomic mass is 9.97. The van der Waals surface area contributed by atoms with Crippen LogP contribution in [0.15, 0.2) is 48.1 Å². The van der Waals surface area contributed by atoms with Gasteiger partial charge >= 0.3 is 0 Å². The van der Waals surface area contributed by atoms with Gasteiger partial charge in [-0.3, -0.25) is 14.6 Å². The van der Waals surface area contributed by atoms with Crippen molar-refractivity contribution >= 4 is 34.7 Å². The molecule has 154 valence electrons. The lowest BCUT2D eigenvalue weighted by Gasteiger charge is -2.32. The van der Waals surface area contributed by atoms with Crippen molar-refractivity contribution in [3.63, 3.8) is 0 Å². The summed E-state index contributed by atoms with van der Waals surface area (Å²) in [6.07, 6.45) is 5.25. The molecule has 1 fully saturated rings. The van der Waals surface area contributed by atoms with Crippen molar-refractivity contribution in [1.29, 1.82) is 0 Å². The number of carbonyl (C=O) groups excluding carboxylic acids is 2. The van der Waals surface area contributed by atoms with Gasteiger partial charge in [-0.15, -0.1) is 11.3 Å². The summed E-state index contributed by atoms with van der Waals surface area (Å²) in [5, 5.41) is 5.51. The Labute approximate surface area is 178 Å². The molecular weight excluding hydrogens is 400 g/mol.